The van der Waals surface area contributed by atoms with Crippen molar-refractivity contribution in [3.8, 4) is 11.8 Å². The molecule has 0 aromatic heterocycles. The lowest BCUT2D eigenvalue weighted by Gasteiger charge is -2.30. The molecule has 8 nitrogen and oxygen atoms in total. The second-order valence-electron chi connectivity index (χ2n) is 8.44. The Labute approximate surface area is 192 Å². The number of nitro groups is 1. The van der Waals surface area contributed by atoms with Crippen LogP contribution < -0.4 is 10.6 Å². The number of nitrogens with zero attached hydrogens (tertiary/aromatic N) is 4. The van der Waals surface area contributed by atoms with Crippen LogP contribution in [0.2, 0.25) is 0 Å². The van der Waals surface area contributed by atoms with Crippen LogP contribution in [0.3, 0.4) is 0 Å². The Kier molecular flexibility index (Phi) is 6.58. The van der Waals surface area contributed by atoms with Crippen LogP contribution in [0.1, 0.15) is 23.6 Å². The molecule has 1 atom stereocenters. The van der Waals surface area contributed by atoms with Crippen LogP contribution >= 0.6 is 0 Å². The third-order valence-corrected chi connectivity index (χ3v) is 5.82. The number of hydrogen-bond donors (Lipinski definition) is 2. The summed E-state index contributed by atoms with van der Waals surface area (Å²) in [5, 5.41) is 18.3. The van der Waals surface area contributed by atoms with E-state index in [1.54, 1.807) is 25.1 Å². The Bertz CT molecular complexity index is 1160. The van der Waals surface area contributed by atoms with Crippen LogP contribution in [0.5, 0.6) is 0 Å². The zero-order chi connectivity index (χ0) is 23.5. The van der Waals surface area contributed by atoms with Crippen molar-refractivity contribution in [3.63, 3.8) is 0 Å². The lowest BCUT2D eigenvalue weighted by molar-refractivity contribution is -0.385. The van der Waals surface area contributed by atoms with Crippen molar-refractivity contribution >= 4 is 22.9 Å². The van der Waals surface area contributed by atoms with Gasteiger partial charge in [0.05, 0.1) is 11.5 Å². The first-order valence-electron chi connectivity index (χ1n) is 10.9. The standard InChI is InChI=1S/C24H27FN6O2/c1-16-13-19(6-7-21(16)25)28-24-20-15-23(31(32)33)18(14-22(20)26-17(2)27-24)5-4-8-30-11-9-29(3)10-12-30/h6-7,13-15,17,26H,8-12H2,1-3H3,(H,27,28). The highest BCUT2D eigenvalue weighted by molar-refractivity contribution is 6.13. The van der Waals surface area contributed by atoms with Crippen LogP contribution in [-0.2, 0) is 0 Å². The molecule has 0 amide bonds. The first kappa shape index (κ1) is 22.7. The number of halogens is 1. The second kappa shape index (κ2) is 9.57. The average Bonchev–Trinajstić information content (AvgIpc) is 2.77. The topological polar surface area (TPSA) is 86.0 Å². The molecule has 9 heteroatoms. The molecular formula is C24H27FN6O2. The van der Waals surface area contributed by atoms with Crippen molar-refractivity contribution in [2.24, 2.45) is 4.99 Å². The maximum Gasteiger partial charge on any atom is 0.285 e. The number of aryl methyl sites for hydroxylation is 1. The fourth-order valence-corrected chi connectivity index (χ4v) is 3.89. The molecule has 1 saturated heterocycles. The second-order valence-corrected chi connectivity index (χ2v) is 8.44. The van der Waals surface area contributed by atoms with Crippen molar-refractivity contribution in [1.82, 2.24) is 9.80 Å². The van der Waals surface area contributed by atoms with E-state index in [1.165, 1.54) is 12.1 Å². The van der Waals surface area contributed by atoms with Crippen molar-refractivity contribution in [1.29, 1.82) is 0 Å². The van der Waals surface area contributed by atoms with E-state index in [2.05, 4.69) is 44.3 Å². The number of rotatable bonds is 3. The minimum atomic E-state index is -0.419. The molecule has 0 radical (unpaired) electrons. The van der Waals surface area contributed by atoms with Crippen LogP contribution in [0, 0.1) is 34.7 Å². The molecule has 0 bridgehead atoms. The van der Waals surface area contributed by atoms with Crippen LogP contribution in [-0.4, -0.2) is 66.5 Å². The molecule has 2 aliphatic heterocycles. The van der Waals surface area contributed by atoms with E-state index in [-0.39, 0.29) is 17.7 Å². The Morgan fingerprint density at radius 3 is 2.73 bits per heavy atom. The summed E-state index contributed by atoms with van der Waals surface area (Å²) in [6, 6.07) is 7.88. The number of amidine groups is 1. The van der Waals surface area contributed by atoms with Crippen LogP contribution in [0.4, 0.5) is 21.5 Å². The lowest BCUT2D eigenvalue weighted by Crippen LogP contribution is -2.44. The van der Waals surface area contributed by atoms with Gasteiger partial charge in [0, 0.05) is 49.2 Å². The molecule has 2 heterocycles. The summed E-state index contributed by atoms with van der Waals surface area (Å²) in [4.78, 5) is 20.5. The molecule has 2 N–H and O–H groups in total. The highest BCUT2D eigenvalue weighted by Gasteiger charge is 2.24. The predicted molar refractivity (Wildman–Crippen MR) is 128 cm³/mol. The summed E-state index contributed by atoms with van der Waals surface area (Å²) in [6.45, 7) is 8.00. The number of anilines is 2. The van der Waals surface area contributed by atoms with E-state index < -0.39 is 4.92 Å². The van der Waals surface area contributed by atoms with E-state index in [0.717, 1.165) is 26.2 Å². The largest absolute Gasteiger partial charge is 0.363 e. The SMILES string of the molecule is Cc1cc(NC2=NC(C)Nc3cc(C#CCN4CCN(C)CC4)c([N+](=O)[O-])cc32)ccc1F. The normalized spacial score (nSPS) is 18.4. The lowest BCUT2D eigenvalue weighted by atomic mass is 10.0. The molecule has 4 rings (SSSR count). The summed E-state index contributed by atoms with van der Waals surface area (Å²) in [5.41, 5.74) is 2.75. The Balaban J connectivity index is 1.62. The molecule has 0 saturated carbocycles. The van der Waals surface area contributed by atoms with Gasteiger partial charge >= 0.3 is 0 Å². The molecule has 0 spiro atoms. The quantitative estimate of drug-likeness (QED) is 0.424. The number of likely N-dealkylation sites (N-methyl/N-ethyl adjacent to an activating group) is 1. The summed E-state index contributed by atoms with van der Waals surface area (Å²) < 4.78 is 13.6. The van der Waals surface area contributed by atoms with Gasteiger partial charge in [-0.1, -0.05) is 11.8 Å². The van der Waals surface area contributed by atoms with Crippen molar-refractivity contribution in [2.45, 2.75) is 20.0 Å². The van der Waals surface area contributed by atoms with E-state index in [1.807, 2.05) is 6.92 Å². The summed E-state index contributed by atoms with van der Waals surface area (Å²) in [7, 11) is 2.09. The first-order valence-corrected chi connectivity index (χ1v) is 10.9. The van der Waals surface area contributed by atoms with Gasteiger partial charge in [0.2, 0.25) is 0 Å². The first-order chi connectivity index (χ1) is 15.8. The number of piperazine rings is 1. The van der Waals surface area contributed by atoms with E-state index in [4.69, 9.17) is 0 Å². The molecule has 2 aliphatic rings. The van der Waals surface area contributed by atoms with Gasteiger partial charge in [-0.2, -0.15) is 0 Å². The fraction of sp³-hybridized carbons (Fsp3) is 0.375. The third kappa shape index (κ3) is 5.30. The summed E-state index contributed by atoms with van der Waals surface area (Å²) in [6.07, 6.45) is -0.242. The van der Waals surface area contributed by atoms with E-state index >= 15 is 0 Å². The highest BCUT2D eigenvalue weighted by Crippen LogP contribution is 2.31. The molecule has 1 unspecified atom stereocenters. The Hall–Kier alpha value is -3.48. The Morgan fingerprint density at radius 2 is 2.03 bits per heavy atom. The number of benzene rings is 2. The van der Waals surface area contributed by atoms with Gasteiger partial charge in [-0.05, 0) is 50.7 Å². The molecule has 2 aromatic rings. The molecule has 172 valence electrons. The molecule has 0 aliphatic carbocycles. The number of fused-ring (bicyclic) bond motifs is 1. The Morgan fingerprint density at radius 1 is 1.27 bits per heavy atom. The van der Waals surface area contributed by atoms with E-state index in [9.17, 15) is 14.5 Å². The monoisotopic (exact) mass is 450 g/mol. The predicted octanol–water partition coefficient (Wildman–Crippen LogP) is 3.27. The minimum Gasteiger partial charge on any atom is -0.363 e. The third-order valence-electron chi connectivity index (χ3n) is 5.82. The van der Waals surface area contributed by atoms with Gasteiger partial charge in [0.15, 0.2) is 0 Å². The zero-order valence-corrected chi connectivity index (χ0v) is 19.0. The van der Waals surface area contributed by atoms with Crippen molar-refractivity contribution < 1.29 is 9.31 Å². The van der Waals surface area contributed by atoms with Gasteiger partial charge in [-0.3, -0.25) is 15.0 Å². The molecule has 2 aromatic carbocycles. The van der Waals surface area contributed by atoms with Crippen molar-refractivity contribution in [3.05, 3.63) is 63.0 Å². The van der Waals surface area contributed by atoms with Gasteiger partial charge in [0.1, 0.15) is 23.4 Å². The van der Waals surface area contributed by atoms with Gasteiger partial charge < -0.3 is 15.5 Å². The number of aliphatic imine (C=N–C) groups is 1. The fourth-order valence-electron chi connectivity index (χ4n) is 3.89. The van der Waals surface area contributed by atoms with Gasteiger partial charge in [-0.15, -0.1) is 0 Å². The van der Waals surface area contributed by atoms with Gasteiger partial charge in [-0.25, -0.2) is 9.38 Å². The minimum absolute atomic E-state index is 0.0687. The van der Waals surface area contributed by atoms with Crippen molar-refractivity contribution in [2.75, 3.05) is 50.4 Å². The van der Waals surface area contributed by atoms with Gasteiger partial charge in [0.25, 0.3) is 5.69 Å². The zero-order valence-electron chi connectivity index (χ0n) is 19.0. The summed E-state index contributed by atoms with van der Waals surface area (Å²) >= 11 is 0. The molecular weight excluding hydrogens is 423 g/mol. The van der Waals surface area contributed by atoms with Crippen LogP contribution in [0.25, 0.3) is 0 Å². The number of nitro benzene ring substituents is 1. The molecule has 33 heavy (non-hydrogen) atoms. The van der Waals surface area contributed by atoms with Crippen LogP contribution in [0.15, 0.2) is 35.3 Å². The summed E-state index contributed by atoms with van der Waals surface area (Å²) in [5.74, 6) is 6.31. The molecule has 1 fully saturated rings. The smallest absolute Gasteiger partial charge is 0.285 e. The number of nitrogens with one attached hydrogen (secondary N) is 2. The highest BCUT2D eigenvalue weighted by atomic mass is 19.1. The average molecular weight is 451 g/mol. The number of hydrogen-bond acceptors (Lipinski definition) is 7. The van der Waals surface area contributed by atoms with E-state index in [0.29, 0.717) is 40.4 Å². The maximum absolute atomic E-state index is 13.6. The maximum atomic E-state index is 13.6.